The van der Waals surface area contributed by atoms with Gasteiger partial charge < -0.3 is 5.32 Å². The highest BCUT2D eigenvalue weighted by atomic mass is 15.0. The first kappa shape index (κ1) is 7.07. The number of hydrogen-bond donors (Lipinski definition) is 1. The van der Waals surface area contributed by atoms with Crippen LogP contribution < -0.4 is 5.32 Å². The fourth-order valence-electron chi connectivity index (χ4n) is 1.58. The van der Waals surface area contributed by atoms with Gasteiger partial charge >= 0.3 is 0 Å². The van der Waals surface area contributed by atoms with E-state index in [2.05, 4.69) is 26.1 Å². The van der Waals surface area contributed by atoms with Crippen LogP contribution in [0.2, 0.25) is 0 Å². The van der Waals surface area contributed by atoms with Gasteiger partial charge in [0.05, 0.1) is 0 Å². The summed E-state index contributed by atoms with van der Waals surface area (Å²) in [6.07, 6.45) is 2.68. The lowest BCUT2D eigenvalue weighted by atomic mass is 9.95. The average molecular weight is 127 g/mol. The van der Waals surface area contributed by atoms with E-state index in [0.717, 1.165) is 5.92 Å². The normalized spacial score (nSPS) is 33.0. The Kier molecular flexibility index (Phi) is 1.80. The van der Waals surface area contributed by atoms with E-state index in [0.29, 0.717) is 5.54 Å². The molecule has 54 valence electrons. The maximum absolute atomic E-state index is 3.50. The lowest BCUT2D eigenvalue weighted by Gasteiger charge is -2.16. The first-order valence-corrected chi connectivity index (χ1v) is 3.89. The van der Waals surface area contributed by atoms with E-state index < -0.39 is 0 Å². The smallest absolute Gasteiger partial charge is 0.0128 e. The largest absolute Gasteiger partial charge is 0.312 e. The van der Waals surface area contributed by atoms with Gasteiger partial charge in [-0.15, -0.1) is 0 Å². The topological polar surface area (TPSA) is 12.0 Å². The number of nitrogens with one attached hydrogen (secondary N) is 1. The Morgan fingerprint density at radius 2 is 2.22 bits per heavy atom. The molecule has 9 heavy (non-hydrogen) atoms. The van der Waals surface area contributed by atoms with Crippen molar-refractivity contribution in [2.24, 2.45) is 5.92 Å². The summed E-state index contributed by atoms with van der Waals surface area (Å²) in [5, 5.41) is 3.50. The predicted molar refractivity (Wildman–Crippen MR) is 40.5 cm³/mol. The molecule has 1 nitrogen and oxygen atoms in total. The van der Waals surface area contributed by atoms with E-state index in [9.17, 15) is 0 Å². The highest BCUT2D eigenvalue weighted by Crippen LogP contribution is 2.24. The summed E-state index contributed by atoms with van der Waals surface area (Å²) < 4.78 is 0. The molecule has 0 spiro atoms. The molecule has 1 heteroatoms. The molecule has 0 aromatic carbocycles. The summed E-state index contributed by atoms with van der Waals surface area (Å²) in [7, 11) is 0. The molecule has 0 amide bonds. The van der Waals surface area contributed by atoms with Crippen molar-refractivity contribution in [1.82, 2.24) is 5.32 Å². The lowest BCUT2D eigenvalue weighted by molar-refractivity contribution is 0.438. The molecule has 1 atom stereocenters. The van der Waals surface area contributed by atoms with E-state index in [4.69, 9.17) is 0 Å². The molecule has 1 rings (SSSR count). The zero-order valence-corrected chi connectivity index (χ0v) is 6.70. The van der Waals surface area contributed by atoms with Crippen LogP contribution in [0, 0.1) is 5.92 Å². The molecule has 1 fully saturated rings. The van der Waals surface area contributed by atoms with Crippen molar-refractivity contribution >= 4 is 0 Å². The first-order valence-electron chi connectivity index (χ1n) is 3.89. The molecule has 0 radical (unpaired) electrons. The fraction of sp³-hybridized carbons (Fsp3) is 1.00. The van der Waals surface area contributed by atoms with Crippen LogP contribution in [0.1, 0.15) is 33.6 Å². The second-order valence-corrected chi connectivity index (χ2v) is 3.74. The maximum atomic E-state index is 3.50. The van der Waals surface area contributed by atoms with E-state index in [1.165, 1.54) is 19.4 Å². The Balaban J connectivity index is 2.38. The fourth-order valence-corrected chi connectivity index (χ4v) is 1.58. The third-order valence-corrected chi connectivity index (χ3v) is 2.25. The summed E-state index contributed by atoms with van der Waals surface area (Å²) >= 11 is 0. The van der Waals surface area contributed by atoms with Gasteiger partial charge in [0.2, 0.25) is 0 Å². The average Bonchev–Trinajstić information content (AvgIpc) is 2.10. The molecule has 0 bridgehead atoms. The van der Waals surface area contributed by atoms with Crippen molar-refractivity contribution in [3.8, 4) is 0 Å². The Morgan fingerprint density at radius 1 is 1.56 bits per heavy atom. The molecule has 0 saturated carbocycles. The molecule has 0 aliphatic carbocycles. The van der Waals surface area contributed by atoms with E-state index in [1.807, 2.05) is 0 Å². The summed E-state index contributed by atoms with van der Waals surface area (Å²) in [6.45, 7) is 8.06. The highest BCUT2D eigenvalue weighted by Gasteiger charge is 2.28. The zero-order chi connectivity index (χ0) is 6.91. The lowest BCUT2D eigenvalue weighted by Crippen LogP contribution is -2.31. The Hall–Kier alpha value is -0.0400. The van der Waals surface area contributed by atoms with Gasteiger partial charge in [-0.05, 0) is 32.7 Å². The van der Waals surface area contributed by atoms with Crippen LogP contribution in [-0.4, -0.2) is 12.1 Å². The highest BCUT2D eigenvalue weighted by molar-refractivity contribution is 4.88. The Bertz CT molecular complexity index is 96.7. The second kappa shape index (κ2) is 2.30. The van der Waals surface area contributed by atoms with Crippen molar-refractivity contribution in [3.63, 3.8) is 0 Å². The Labute approximate surface area is 57.8 Å². The Morgan fingerprint density at radius 3 is 2.44 bits per heavy atom. The molecule has 0 unspecified atom stereocenters. The van der Waals surface area contributed by atoms with Crippen LogP contribution in [0.3, 0.4) is 0 Å². The van der Waals surface area contributed by atoms with Crippen LogP contribution in [-0.2, 0) is 0 Å². The molecule has 1 aliphatic heterocycles. The summed E-state index contributed by atoms with van der Waals surface area (Å²) in [5.41, 5.74) is 0.417. The molecular formula is C8H17N. The SMILES string of the molecule is CC[C@H]1CNC(C)(C)C1. The van der Waals surface area contributed by atoms with Crippen molar-refractivity contribution < 1.29 is 0 Å². The van der Waals surface area contributed by atoms with Gasteiger partial charge in [-0.25, -0.2) is 0 Å². The molecule has 0 aromatic rings. The van der Waals surface area contributed by atoms with Crippen LogP contribution in [0.25, 0.3) is 0 Å². The van der Waals surface area contributed by atoms with Crippen LogP contribution in [0.4, 0.5) is 0 Å². The van der Waals surface area contributed by atoms with Crippen molar-refractivity contribution in [1.29, 1.82) is 0 Å². The van der Waals surface area contributed by atoms with E-state index in [1.54, 1.807) is 0 Å². The first-order chi connectivity index (χ1) is 4.14. The minimum absolute atomic E-state index is 0.417. The quantitative estimate of drug-likeness (QED) is 0.566. The van der Waals surface area contributed by atoms with E-state index >= 15 is 0 Å². The molecule has 1 aliphatic rings. The predicted octanol–water partition coefficient (Wildman–Crippen LogP) is 1.78. The molecule has 0 aromatic heterocycles. The van der Waals surface area contributed by atoms with Gasteiger partial charge in [-0.1, -0.05) is 13.3 Å². The zero-order valence-electron chi connectivity index (χ0n) is 6.70. The van der Waals surface area contributed by atoms with Gasteiger partial charge in [0.25, 0.3) is 0 Å². The van der Waals surface area contributed by atoms with Crippen LogP contribution in [0.15, 0.2) is 0 Å². The number of hydrogen-bond acceptors (Lipinski definition) is 1. The van der Waals surface area contributed by atoms with Gasteiger partial charge in [0.1, 0.15) is 0 Å². The molecule has 1 saturated heterocycles. The van der Waals surface area contributed by atoms with Crippen molar-refractivity contribution in [2.45, 2.75) is 39.2 Å². The summed E-state index contributed by atoms with van der Waals surface area (Å²) in [5.74, 6) is 0.931. The van der Waals surface area contributed by atoms with Crippen LogP contribution in [0.5, 0.6) is 0 Å². The molecule has 1 N–H and O–H groups in total. The minimum Gasteiger partial charge on any atom is -0.312 e. The van der Waals surface area contributed by atoms with Gasteiger partial charge in [0.15, 0.2) is 0 Å². The van der Waals surface area contributed by atoms with Crippen molar-refractivity contribution in [2.75, 3.05) is 6.54 Å². The maximum Gasteiger partial charge on any atom is 0.0128 e. The standard InChI is InChI=1S/C8H17N/c1-4-7-5-8(2,3)9-6-7/h7,9H,4-6H2,1-3H3/t7-/m1/s1. The van der Waals surface area contributed by atoms with Gasteiger partial charge in [-0.3, -0.25) is 0 Å². The number of rotatable bonds is 1. The summed E-state index contributed by atoms with van der Waals surface area (Å²) in [4.78, 5) is 0. The monoisotopic (exact) mass is 127 g/mol. The van der Waals surface area contributed by atoms with Crippen molar-refractivity contribution in [3.05, 3.63) is 0 Å². The molecule has 1 heterocycles. The van der Waals surface area contributed by atoms with Gasteiger partial charge in [-0.2, -0.15) is 0 Å². The minimum atomic E-state index is 0.417. The van der Waals surface area contributed by atoms with Crippen LogP contribution >= 0.6 is 0 Å². The third kappa shape index (κ3) is 1.68. The molecular weight excluding hydrogens is 110 g/mol. The second-order valence-electron chi connectivity index (χ2n) is 3.74. The van der Waals surface area contributed by atoms with E-state index in [-0.39, 0.29) is 0 Å². The third-order valence-electron chi connectivity index (χ3n) is 2.25. The summed E-state index contributed by atoms with van der Waals surface area (Å²) in [6, 6.07) is 0. The van der Waals surface area contributed by atoms with Gasteiger partial charge in [0, 0.05) is 5.54 Å².